The summed E-state index contributed by atoms with van der Waals surface area (Å²) >= 11 is 0. The Kier molecular flexibility index (Phi) is 2.16. The second-order valence-electron chi connectivity index (χ2n) is 3.88. The first kappa shape index (κ1) is 10.5. The summed E-state index contributed by atoms with van der Waals surface area (Å²) in [5.41, 5.74) is 0.131. The van der Waals surface area contributed by atoms with Gasteiger partial charge in [-0.3, -0.25) is 19.8 Å². The molecule has 1 aliphatic heterocycles. The quantitative estimate of drug-likeness (QED) is 0.754. The highest BCUT2D eigenvalue weighted by Crippen LogP contribution is 2.20. The Bertz CT molecular complexity index is 719. The van der Waals surface area contributed by atoms with Crippen molar-refractivity contribution in [1.29, 1.82) is 0 Å². The van der Waals surface area contributed by atoms with Crippen molar-refractivity contribution in [1.82, 2.24) is 5.32 Å². The fourth-order valence-corrected chi connectivity index (χ4v) is 1.84. The maximum atomic E-state index is 11.8. The SMILES string of the molecule is O=C1CN(c2cc(=O)c3ccccc3o2)C(=O)N1. The molecule has 0 spiro atoms. The van der Waals surface area contributed by atoms with Crippen LogP contribution < -0.4 is 15.6 Å². The molecule has 1 aromatic carbocycles. The Morgan fingerprint density at radius 3 is 2.67 bits per heavy atom. The summed E-state index contributed by atoms with van der Waals surface area (Å²) < 4.78 is 5.46. The van der Waals surface area contributed by atoms with Crippen molar-refractivity contribution in [2.24, 2.45) is 0 Å². The van der Waals surface area contributed by atoms with Gasteiger partial charge in [0.15, 0.2) is 5.43 Å². The van der Waals surface area contributed by atoms with E-state index in [0.717, 1.165) is 4.90 Å². The number of carbonyl (C=O) groups excluding carboxylic acids is 2. The van der Waals surface area contributed by atoms with Gasteiger partial charge >= 0.3 is 6.03 Å². The smallest absolute Gasteiger partial charge is 0.331 e. The minimum Gasteiger partial charge on any atom is -0.440 e. The summed E-state index contributed by atoms with van der Waals surface area (Å²) in [5.74, 6) is -0.349. The number of anilines is 1. The molecule has 6 nitrogen and oxygen atoms in total. The first-order chi connectivity index (χ1) is 8.65. The molecule has 0 atom stereocenters. The zero-order valence-electron chi connectivity index (χ0n) is 9.17. The van der Waals surface area contributed by atoms with Crippen molar-refractivity contribution >= 4 is 28.8 Å². The van der Waals surface area contributed by atoms with Gasteiger partial charge < -0.3 is 4.42 Å². The van der Waals surface area contributed by atoms with Crippen LogP contribution in [-0.2, 0) is 4.79 Å². The highest BCUT2D eigenvalue weighted by atomic mass is 16.4. The zero-order chi connectivity index (χ0) is 12.7. The Morgan fingerprint density at radius 1 is 1.17 bits per heavy atom. The second-order valence-corrected chi connectivity index (χ2v) is 3.88. The van der Waals surface area contributed by atoms with Crippen molar-refractivity contribution in [3.05, 3.63) is 40.6 Å². The van der Waals surface area contributed by atoms with Crippen molar-refractivity contribution in [2.45, 2.75) is 0 Å². The van der Waals surface area contributed by atoms with E-state index in [1.165, 1.54) is 6.07 Å². The molecule has 3 rings (SSSR count). The van der Waals surface area contributed by atoms with Crippen molar-refractivity contribution in [3.8, 4) is 0 Å². The molecule has 3 amide bonds. The average molecular weight is 244 g/mol. The topological polar surface area (TPSA) is 79.6 Å². The van der Waals surface area contributed by atoms with Gasteiger partial charge in [0, 0.05) is 6.07 Å². The number of fused-ring (bicyclic) bond motifs is 1. The van der Waals surface area contributed by atoms with Crippen LogP contribution in [0.3, 0.4) is 0 Å². The highest BCUT2D eigenvalue weighted by molar-refractivity contribution is 6.11. The van der Waals surface area contributed by atoms with Crippen LogP contribution in [-0.4, -0.2) is 18.5 Å². The lowest BCUT2D eigenvalue weighted by Crippen LogP contribution is -2.28. The molecule has 18 heavy (non-hydrogen) atoms. The van der Waals surface area contributed by atoms with Crippen LogP contribution in [0.25, 0.3) is 11.0 Å². The highest BCUT2D eigenvalue weighted by Gasteiger charge is 2.30. The molecule has 6 heteroatoms. The number of carbonyl (C=O) groups is 2. The van der Waals surface area contributed by atoms with E-state index in [1.54, 1.807) is 24.3 Å². The van der Waals surface area contributed by atoms with E-state index in [2.05, 4.69) is 5.32 Å². The third-order valence-corrected chi connectivity index (χ3v) is 2.68. The largest absolute Gasteiger partial charge is 0.440 e. The van der Waals surface area contributed by atoms with Crippen LogP contribution in [0, 0.1) is 0 Å². The van der Waals surface area contributed by atoms with E-state index in [4.69, 9.17) is 4.42 Å². The third kappa shape index (κ3) is 1.55. The number of imide groups is 1. The minimum absolute atomic E-state index is 0.0713. The molecule has 2 aromatic rings. The normalized spacial score (nSPS) is 15.2. The van der Waals surface area contributed by atoms with Crippen molar-refractivity contribution in [3.63, 3.8) is 0 Å². The van der Waals surface area contributed by atoms with Crippen LogP contribution in [0.4, 0.5) is 10.7 Å². The zero-order valence-corrected chi connectivity index (χ0v) is 9.17. The third-order valence-electron chi connectivity index (χ3n) is 2.68. The van der Waals surface area contributed by atoms with Gasteiger partial charge in [-0.05, 0) is 12.1 Å². The van der Waals surface area contributed by atoms with Gasteiger partial charge in [-0.25, -0.2) is 4.79 Å². The summed E-state index contributed by atoms with van der Waals surface area (Å²) in [6, 6.07) is 7.35. The van der Waals surface area contributed by atoms with Gasteiger partial charge in [-0.15, -0.1) is 0 Å². The van der Waals surface area contributed by atoms with Crippen molar-refractivity contribution in [2.75, 3.05) is 11.4 Å². The summed E-state index contributed by atoms with van der Waals surface area (Å²) in [7, 11) is 0. The van der Waals surface area contributed by atoms with E-state index >= 15 is 0 Å². The van der Waals surface area contributed by atoms with E-state index in [1.807, 2.05) is 0 Å². The Hall–Kier alpha value is -2.63. The number of amides is 3. The van der Waals surface area contributed by atoms with Crippen LogP contribution in [0.1, 0.15) is 0 Å². The minimum atomic E-state index is -0.585. The van der Waals surface area contributed by atoms with Gasteiger partial charge in [0.05, 0.1) is 5.39 Å². The molecule has 2 heterocycles. The van der Waals surface area contributed by atoms with E-state index in [-0.39, 0.29) is 17.9 Å². The Balaban J connectivity index is 2.16. The molecule has 1 aliphatic rings. The lowest BCUT2D eigenvalue weighted by molar-refractivity contribution is -0.117. The predicted molar refractivity (Wildman–Crippen MR) is 63.4 cm³/mol. The molecular weight excluding hydrogens is 236 g/mol. The molecule has 1 aromatic heterocycles. The number of rotatable bonds is 1. The molecule has 0 aliphatic carbocycles. The summed E-state index contributed by atoms with van der Waals surface area (Å²) in [5, 5.41) is 2.56. The fourth-order valence-electron chi connectivity index (χ4n) is 1.84. The van der Waals surface area contributed by atoms with Gasteiger partial charge in [-0.2, -0.15) is 0 Å². The molecule has 0 radical (unpaired) electrons. The number of para-hydroxylation sites is 1. The summed E-state index contributed by atoms with van der Waals surface area (Å²) in [4.78, 5) is 35.5. The lowest BCUT2D eigenvalue weighted by atomic mass is 10.2. The van der Waals surface area contributed by atoms with E-state index in [9.17, 15) is 14.4 Å². The van der Waals surface area contributed by atoms with Crippen LogP contribution in [0.15, 0.2) is 39.5 Å². The molecule has 0 bridgehead atoms. The van der Waals surface area contributed by atoms with Crippen LogP contribution in [0.2, 0.25) is 0 Å². The Morgan fingerprint density at radius 2 is 1.94 bits per heavy atom. The van der Waals surface area contributed by atoms with Crippen molar-refractivity contribution < 1.29 is 14.0 Å². The van der Waals surface area contributed by atoms with Crippen LogP contribution in [0.5, 0.6) is 0 Å². The molecule has 0 saturated carbocycles. The number of benzene rings is 1. The first-order valence-electron chi connectivity index (χ1n) is 5.29. The molecular formula is C12H8N2O4. The number of nitrogens with one attached hydrogen (secondary N) is 1. The number of urea groups is 1. The van der Waals surface area contributed by atoms with Gasteiger partial charge in [-0.1, -0.05) is 12.1 Å². The van der Waals surface area contributed by atoms with E-state index in [0.29, 0.717) is 11.0 Å². The van der Waals surface area contributed by atoms with Gasteiger partial charge in [0.25, 0.3) is 0 Å². The van der Waals surface area contributed by atoms with Crippen LogP contribution >= 0.6 is 0 Å². The standard InChI is InChI=1S/C12H8N2O4/c15-8-5-11(14-6-10(16)13-12(14)17)18-9-4-2-1-3-7(8)9/h1-5H,6H2,(H,13,16,17). The monoisotopic (exact) mass is 244 g/mol. The predicted octanol–water partition coefficient (Wildman–Crippen LogP) is 0.849. The van der Waals surface area contributed by atoms with Gasteiger partial charge in [0.2, 0.25) is 11.8 Å². The molecule has 0 unspecified atom stereocenters. The molecule has 90 valence electrons. The number of hydrogen-bond donors (Lipinski definition) is 1. The second kappa shape index (κ2) is 3.69. The average Bonchev–Trinajstić information content (AvgIpc) is 2.68. The first-order valence-corrected chi connectivity index (χ1v) is 5.29. The molecule has 1 N–H and O–H groups in total. The maximum Gasteiger partial charge on any atom is 0.331 e. The lowest BCUT2D eigenvalue weighted by Gasteiger charge is -2.11. The molecule has 1 fully saturated rings. The summed E-state index contributed by atoms with van der Waals surface area (Å²) in [6.07, 6.45) is 0. The Labute approximate surface area is 101 Å². The van der Waals surface area contributed by atoms with E-state index < -0.39 is 11.9 Å². The molecule has 1 saturated heterocycles. The maximum absolute atomic E-state index is 11.8. The number of nitrogens with zero attached hydrogens (tertiary/aromatic N) is 1. The fraction of sp³-hybridized carbons (Fsp3) is 0.0833. The number of hydrogen-bond acceptors (Lipinski definition) is 4. The van der Waals surface area contributed by atoms with Gasteiger partial charge in [0.1, 0.15) is 12.1 Å². The summed E-state index contributed by atoms with van der Waals surface area (Å²) in [6.45, 7) is -0.139.